The summed E-state index contributed by atoms with van der Waals surface area (Å²) >= 11 is 0. The second-order valence-electron chi connectivity index (χ2n) is 11.8. The molecule has 0 amide bonds. The third-order valence-electron chi connectivity index (χ3n) is 9.12. The Morgan fingerprint density at radius 1 is 1.02 bits per heavy atom. The maximum absolute atomic E-state index is 14.8. The van der Waals surface area contributed by atoms with E-state index in [-0.39, 0.29) is 23.1 Å². The molecular formula is C33H44F2N6O4. The Balaban J connectivity index is 0.000000307. The average Bonchev–Trinajstić information content (AvgIpc) is 3.60. The van der Waals surface area contributed by atoms with Crippen molar-refractivity contribution >= 4 is 27.6 Å². The first kappa shape index (κ1) is 32.6. The third-order valence-corrected chi connectivity index (χ3v) is 9.12. The number of aromatic hydroxyl groups is 1. The van der Waals surface area contributed by atoms with Crippen LogP contribution in [0.4, 0.5) is 14.6 Å². The summed E-state index contributed by atoms with van der Waals surface area (Å²) in [5.74, 6) is 0.194. The molecule has 2 aromatic carbocycles. The van der Waals surface area contributed by atoms with Crippen LogP contribution in [0.15, 0.2) is 29.1 Å². The smallest absolute Gasteiger partial charge is 0.320 e. The predicted molar refractivity (Wildman–Crippen MR) is 172 cm³/mol. The molecule has 2 aromatic heterocycles. The summed E-state index contributed by atoms with van der Waals surface area (Å²) in [4.78, 5) is 27.4. The van der Waals surface area contributed by atoms with Crippen molar-refractivity contribution in [2.75, 3.05) is 45.3 Å². The number of alkyl halides is 1. The van der Waals surface area contributed by atoms with Crippen LogP contribution in [-0.4, -0.2) is 87.1 Å². The Hall–Kier alpha value is -3.77. The lowest BCUT2D eigenvalue weighted by atomic mass is 10.00. The molecule has 3 fully saturated rings. The first-order valence-corrected chi connectivity index (χ1v) is 15.9. The van der Waals surface area contributed by atoms with Crippen LogP contribution in [-0.2, 0) is 13.5 Å². The molecule has 5 heterocycles. The Labute approximate surface area is 261 Å². The summed E-state index contributed by atoms with van der Waals surface area (Å²) in [6.45, 7) is 5.32. The summed E-state index contributed by atoms with van der Waals surface area (Å²) in [6, 6.07) is 6.88. The second kappa shape index (κ2) is 14.1. The number of benzene rings is 2. The number of aliphatic hydroxyl groups excluding tert-OH is 1. The molecule has 12 heteroatoms. The van der Waals surface area contributed by atoms with E-state index < -0.39 is 6.17 Å². The monoisotopic (exact) mass is 626 g/mol. The predicted octanol–water partition coefficient (Wildman–Crippen LogP) is 4.87. The van der Waals surface area contributed by atoms with Crippen molar-refractivity contribution in [2.24, 2.45) is 7.05 Å². The van der Waals surface area contributed by atoms with Gasteiger partial charge in [-0.1, -0.05) is 25.8 Å². The minimum Gasteiger partial charge on any atom is -0.508 e. The van der Waals surface area contributed by atoms with Gasteiger partial charge in [0.05, 0.1) is 12.8 Å². The van der Waals surface area contributed by atoms with E-state index in [9.17, 15) is 18.7 Å². The number of fused-ring (bicyclic) bond motifs is 3. The Kier molecular flexibility index (Phi) is 10.2. The van der Waals surface area contributed by atoms with E-state index >= 15 is 0 Å². The SMILES string of the molecule is CCc1c(F)ccc2cc(O)cc(-n3c(=O)c4c(N5CCCCCC5)nc(OC)nc4n3C)c12.CO.FC1CC2CCCN2C1. The van der Waals surface area contributed by atoms with Crippen molar-refractivity contribution in [3.05, 3.63) is 46.0 Å². The molecule has 2 atom stereocenters. The van der Waals surface area contributed by atoms with Gasteiger partial charge in [-0.3, -0.25) is 14.4 Å². The fourth-order valence-corrected chi connectivity index (χ4v) is 7.07. The van der Waals surface area contributed by atoms with Gasteiger partial charge in [0, 0.05) is 51.3 Å². The quantitative estimate of drug-likeness (QED) is 0.331. The minimum atomic E-state index is -0.518. The number of phenolic OH excluding ortho intramolecular Hbond substituents is 1. The van der Waals surface area contributed by atoms with Gasteiger partial charge in [0.15, 0.2) is 11.5 Å². The van der Waals surface area contributed by atoms with Gasteiger partial charge >= 0.3 is 6.01 Å². The molecule has 3 aliphatic heterocycles. The highest BCUT2D eigenvalue weighted by atomic mass is 19.1. The molecule has 0 spiro atoms. The van der Waals surface area contributed by atoms with Crippen LogP contribution >= 0.6 is 0 Å². The number of phenols is 1. The van der Waals surface area contributed by atoms with Crippen molar-refractivity contribution in [1.29, 1.82) is 0 Å². The summed E-state index contributed by atoms with van der Waals surface area (Å²) in [6.07, 6.45) is 7.57. The molecule has 4 aromatic rings. The zero-order valence-electron chi connectivity index (χ0n) is 26.6. The molecule has 2 unspecified atom stereocenters. The number of aromatic nitrogens is 4. The lowest BCUT2D eigenvalue weighted by Gasteiger charge is -2.21. The van der Waals surface area contributed by atoms with Gasteiger partial charge in [-0.05, 0) is 68.2 Å². The fourth-order valence-electron chi connectivity index (χ4n) is 7.07. The maximum Gasteiger partial charge on any atom is 0.320 e. The maximum atomic E-state index is 14.8. The van der Waals surface area contributed by atoms with Gasteiger partial charge in [-0.2, -0.15) is 9.97 Å². The van der Waals surface area contributed by atoms with Crippen LogP contribution in [0.3, 0.4) is 0 Å². The van der Waals surface area contributed by atoms with Crippen molar-refractivity contribution in [3.8, 4) is 17.4 Å². The van der Waals surface area contributed by atoms with Crippen molar-refractivity contribution < 1.29 is 23.7 Å². The zero-order chi connectivity index (χ0) is 32.2. The second-order valence-corrected chi connectivity index (χ2v) is 11.8. The van der Waals surface area contributed by atoms with Gasteiger partial charge in [0.2, 0.25) is 0 Å². The molecule has 244 valence electrons. The van der Waals surface area contributed by atoms with Crippen molar-refractivity contribution in [3.63, 3.8) is 0 Å². The van der Waals surface area contributed by atoms with Crippen LogP contribution in [0.2, 0.25) is 0 Å². The largest absolute Gasteiger partial charge is 0.508 e. The number of aliphatic hydroxyl groups is 1. The van der Waals surface area contributed by atoms with Crippen LogP contribution in [0.25, 0.3) is 27.5 Å². The Morgan fingerprint density at radius 2 is 1.76 bits per heavy atom. The van der Waals surface area contributed by atoms with E-state index in [1.54, 1.807) is 23.9 Å². The van der Waals surface area contributed by atoms with Crippen LogP contribution < -0.4 is 15.2 Å². The Bertz CT molecular complexity index is 1690. The highest BCUT2D eigenvalue weighted by Gasteiger charge is 2.34. The molecule has 0 saturated carbocycles. The molecule has 0 aliphatic carbocycles. The van der Waals surface area contributed by atoms with Crippen LogP contribution in [0.5, 0.6) is 11.8 Å². The number of halogens is 2. The van der Waals surface area contributed by atoms with Gasteiger partial charge in [0.1, 0.15) is 23.1 Å². The molecule has 0 radical (unpaired) electrons. The number of nitrogens with zero attached hydrogens (tertiary/aromatic N) is 6. The summed E-state index contributed by atoms with van der Waals surface area (Å²) in [5, 5.41) is 19.1. The lowest BCUT2D eigenvalue weighted by Crippen LogP contribution is -2.27. The third kappa shape index (κ3) is 6.35. The highest BCUT2D eigenvalue weighted by Crippen LogP contribution is 2.34. The first-order chi connectivity index (χ1) is 21.8. The molecule has 10 nitrogen and oxygen atoms in total. The van der Waals surface area contributed by atoms with E-state index in [0.717, 1.165) is 58.8 Å². The van der Waals surface area contributed by atoms with E-state index in [2.05, 4.69) is 19.8 Å². The first-order valence-electron chi connectivity index (χ1n) is 15.9. The molecular weight excluding hydrogens is 582 g/mol. The molecule has 45 heavy (non-hydrogen) atoms. The highest BCUT2D eigenvalue weighted by molar-refractivity contribution is 5.96. The number of hydrogen-bond acceptors (Lipinski definition) is 8. The molecule has 3 saturated heterocycles. The normalized spacial score (nSPS) is 19.9. The average molecular weight is 627 g/mol. The van der Waals surface area contributed by atoms with Gasteiger partial charge in [-0.25, -0.2) is 13.5 Å². The fraction of sp³-hybridized carbons (Fsp3) is 0.545. The summed E-state index contributed by atoms with van der Waals surface area (Å²) in [7, 11) is 4.23. The number of methoxy groups -OCH3 is 1. The number of anilines is 1. The van der Waals surface area contributed by atoms with E-state index in [4.69, 9.17) is 9.84 Å². The van der Waals surface area contributed by atoms with Crippen LogP contribution in [0, 0.1) is 5.82 Å². The van der Waals surface area contributed by atoms with Gasteiger partial charge < -0.3 is 19.8 Å². The zero-order valence-corrected chi connectivity index (χ0v) is 26.6. The van der Waals surface area contributed by atoms with E-state index in [1.165, 1.54) is 36.8 Å². The van der Waals surface area contributed by atoms with Gasteiger partial charge in [0.25, 0.3) is 5.56 Å². The molecule has 7 rings (SSSR count). The number of ether oxygens (including phenoxy) is 1. The van der Waals surface area contributed by atoms with E-state index in [1.807, 2.05) is 6.92 Å². The lowest BCUT2D eigenvalue weighted by molar-refractivity contribution is 0.292. The molecule has 2 N–H and O–H groups in total. The summed E-state index contributed by atoms with van der Waals surface area (Å²) in [5.41, 5.74) is 0.985. The van der Waals surface area contributed by atoms with Gasteiger partial charge in [-0.15, -0.1) is 0 Å². The number of aryl methyl sites for hydroxylation is 2. The molecule has 3 aliphatic rings. The topological polar surface area (TPSA) is 109 Å². The van der Waals surface area contributed by atoms with Crippen molar-refractivity contribution in [1.82, 2.24) is 24.2 Å². The van der Waals surface area contributed by atoms with Crippen LogP contribution in [0.1, 0.15) is 57.4 Å². The Morgan fingerprint density at radius 3 is 2.42 bits per heavy atom. The minimum absolute atomic E-state index is 0.00952. The standard InChI is InChI=1S/C25H28FN5O3.C7H12FN.CH4O/c1-4-17-18(26)10-9-15-13-16(32)14-19(20(15)17)31-24(33)21-22(29(31)2)27-25(34-3)28-23(21)30-11-7-5-6-8-12-30;8-6-4-7-2-1-3-9(7)5-6;1-2/h9-10,13-14,32H,4-8,11-12H2,1-3H3;6-7H,1-5H2;2H,1H3. The van der Waals surface area contributed by atoms with Crippen molar-refractivity contribution in [2.45, 2.75) is 70.5 Å². The summed E-state index contributed by atoms with van der Waals surface area (Å²) < 4.78 is 35.8. The number of rotatable bonds is 4. The molecule has 0 bridgehead atoms. The number of hydrogen-bond donors (Lipinski definition) is 2. The van der Waals surface area contributed by atoms with E-state index in [0.29, 0.717) is 57.9 Å².